The number of benzene rings is 1. The number of nitrogens with one attached hydrogen (secondary N) is 1. The highest BCUT2D eigenvalue weighted by atomic mass is 79.9. The highest BCUT2D eigenvalue weighted by Crippen LogP contribution is 2.27. The summed E-state index contributed by atoms with van der Waals surface area (Å²) in [6.45, 7) is 2.06. The van der Waals surface area contributed by atoms with Gasteiger partial charge in [-0.2, -0.15) is 0 Å². The number of rotatable bonds is 2. The van der Waals surface area contributed by atoms with Crippen LogP contribution in [0.25, 0.3) is 11.5 Å². The second kappa shape index (κ2) is 5.20. The van der Waals surface area contributed by atoms with E-state index < -0.39 is 0 Å². The molecule has 0 saturated carbocycles. The number of hydrogen-bond acceptors (Lipinski definition) is 4. The fourth-order valence-corrected chi connectivity index (χ4v) is 2.44. The van der Waals surface area contributed by atoms with Crippen molar-refractivity contribution in [3.63, 3.8) is 0 Å². The summed E-state index contributed by atoms with van der Waals surface area (Å²) in [5.74, 6) is 1.79. The molecule has 4 nitrogen and oxygen atoms in total. The second-order valence-electron chi connectivity index (χ2n) is 4.48. The normalized spacial score (nSPS) is 16.9. The molecule has 94 valence electrons. The summed E-state index contributed by atoms with van der Waals surface area (Å²) in [5, 5.41) is 11.7. The first-order valence-electron chi connectivity index (χ1n) is 6.13. The third-order valence-electron chi connectivity index (χ3n) is 3.22. The number of nitrogens with zero attached hydrogens (tertiary/aromatic N) is 2. The summed E-state index contributed by atoms with van der Waals surface area (Å²) >= 11 is 3.41. The monoisotopic (exact) mass is 307 g/mol. The molecular formula is C13H14BrN3O. The van der Waals surface area contributed by atoms with Gasteiger partial charge >= 0.3 is 0 Å². The Morgan fingerprint density at radius 3 is 2.56 bits per heavy atom. The van der Waals surface area contributed by atoms with Crippen LogP contribution in [0.4, 0.5) is 0 Å². The molecule has 0 amide bonds. The van der Waals surface area contributed by atoms with Gasteiger partial charge in [-0.25, -0.2) is 0 Å². The van der Waals surface area contributed by atoms with E-state index in [2.05, 4.69) is 31.4 Å². The standard InChI is InChI=1S/C13H14BrN3O/c14-11-3-1-9(2-4-11)12-16-17-13(18-12)10-5-7-15-8-6-10/h1-4,10,15H,5-8H2. The third-order valence-corrected chi connectivity index (χ3v) is 3.75. The van der Waals surface area contributed by atoms with Crippen molar-refractivity contribution in [2.75, 3.05) is 13.1 Å². The van der Waals surface area contributed by atoms with Crippen molar-refractivity contribution in [1.29, 1.82) is 0 Å². The van der Waals surface area contributed by atoms with E-state index in [1.54, 1.807) is 0 Å². The summed E-state index contributed by atoms with van der Waals surface area (Å²) in [5.41, 5.74) is 0.964. The van der Waals surface area contributed by atoms with Crippen LogP contribution in [0.15, 0.2) is 33.2 Å². The van der Waals surface area contributed by atoms with Crippen molar-refractivity contribution in [1.82, 2.24) is 15.5 Å². The molecule has 0 aliphatic carbocycles. The average Bonchev–Trinajstić information content (AvgIpc) is 2.90. The van der Waals surface area contributed by atoms with Gasteiger partial charge in [0, 0.05) is 16.0 Å². The molecule has 3 rings (SSSR count). The van der Waals surface area contributed by atoms with Crippen LogP contribution >= 0.6 is 15.9 Å². The Morgan fingerprint density at radius 2 is 1.83 bits per heavy atom. The van der Waals surface area contributed by atoms with Crippen LogP contribution in [-0.2, 0) is 0 Å². The van der Waals surface area contributed by atoms with Gasteiger partial charge in [-0.3, -0.25) is 0 Å². The van der Waals surface area contributed by atoms with Gasteiger partial charge in [0.05, 0.1) is 0 Å². The highest BCUT2D eigenvalue weighted by Gasteiger charge is 2.21. The van der Waals surface area contributed by atoms with Crippen LogP contribution < -0.4 is 5.32 Å². The fraction of sp³-hybridized carbons (Fsp3) is 0.385. The summed E-state index contributed by atoms with van der Waals surface area (Å²) in [7, 11) is 0. The number of hydrogen-bond donors (Lipinski definition) is 1. The molecule has 1 N–H and O–H groups in total. The van der Waals surface area contributed by atoms with Crippen molar-refractivity contribution in [2.45, 2.75) is 18.8 Å². The summed E-state index contributed by atoms with van der Waals surface area (Å²) in [6.07, 6.45) is 2.14. The lowest BCUT2D eigenvalue weighted by molar-refractivity contribution is 0.378. The molecule has 2 heterocycles. The van der Waals surface area contributed by atoms with E-state index in [9.17, 15) is 0 Å². The van der Waals surface area contributed by atoms with Gasteiger partial charge in [-0.15, -0.1) is 10.2 Å². The molecule has 2 aromatic rings. The Kier molecular flexibility index (Phi) is 3.43. The van der Waals surface area contributed by atoms with Gasteiger partial charge in [0.2, 0.25) is 11.8 Å². The molecule has 1 aliphatic rings. The lowest BCUT2D eigenvalue weighted by atomic mass is 9.98. The van der Waals surface area contributed by atoms with E-state index in [-0.39, 0.29) is 0 Å². The van der Waals surface area contributed by atoms with E-state index in [0.717, 1.165) is 41.9 Å². The maximum atomic E-state index is 5.78. The highest BCUT2D eigenvalue weighted by molar-refractivity contribution is 9.10. The van der Waals surface area contributed by atoms with Crippen molar-refractivity contribution >= 4 is 15.9 Å². The summed E-state index contributed by atoms with van der Waals surface area (Å²) in [6, 6.07) is 7.90. The molecule has 0 atom stereocenters. The first-order valence-corrected chi connectivity index (χ1v) is 6.92. The lowest BCUT2D eigenvalue weighted by Crippen LogP contribution is -2.26. The minimum atomic E-state index is 0.406. The smallest absolute Gasteiger partial charge is 0.247 e. The maximum Gasteiger partial charge on any atom is 0.247 e. The zero-order valence-electron chi connectivity index (χ0n) is 9.90. The van der Waals surface area contributed by atoms with E-state index in [1.807, 2.05) is 24.3 Å². The van der Waals surface area contributed by atoms with E-state index in [0.29, 0.717) is 11.8 Å². The molecule has 0 bridgehead atoms. The van der Waals surface area contributed by atoms with Gasteiger partial charge < -0.3 is 9.73 Å². The van der Waals surface area contributed by atoms with E-state index >= 15 is 0 Å². The summed E-state index contributed by atoms with van der Waals surface area (Å²) in [4.78, 5) is 0. The minimum Gasteiger partial charge on any atom is -0.420 e. The molecule has 18 heavy (non-hydrogen) atoms. The van der Waals surface area contributed by atoms with Crippen LogP contribution in [0.1, 0.15) is 24.7 Å². The van der Waals surface area contributed by atoms with Crippen LogP contribution in [0, 0.1) is 0 Å². The van der Waals surface area contributed by atoms with Crippen molar-refractivity contribution in [2.24, 2.45) is 0 Å². The fourth-order valence-electron chi connectivity index (χ4n) is 2.18. The van der Waals surface area contributed by atoms with Gasteiger partial charge in [0.25, 0.3) is 0 Å². The van der Waals surface area contributed by atoms with E-state index in [4.69, 9.17) is 4.42 Å². The Morgan fingerprint density at radius 1 is 1.11 bits per heavy atom. The zero-order chi connectivity index (χ0) is 12.4. The molecule has 1 aromatic heterocycles. The first kappa shape index (κ1) is 11.9. The van der Waals surface area contributed by atoms with Crippen molar-refractivity contribution < 1.29 is 4.42 Å². The van der Waals surface area contributed by atoms with Crippen LogP contribution in [0.2, 0.25) is 0 Å². The number of halogens is 1. The zero-order valence-corrected chi connectivity index (χ0v) is 11.5. The van der Waals surface area contributed by atoms with Crippen LogP contribution in [-0.4, -0.2) is 23.3 Å². The van der Waals surface area contributed by atoms with Gasteiger partial charge in [0.1, 0.15) is 0 Å². The minimum absolute atomic E-state index is 0.406. The lowest BCUT2D eigenvalue weighted by Gasteiger charge is -2.18. The Bertz CT molecular complexity index is 517. The van der Waals surface area contributed by atoms with Gasteiger partial charge in [-0.1, -0.05) is 15.9 Å². The second-order valence-corrected chi connectivity index (χ2v) is 5.39. The molecule has 5 heteroatoms. The number of aromatic nitrogens is 2. The largest absolute Gasteiger partial charge is 0.420 e. The molecule has 1 fully saturated rings. The van der Waals surface area contributed by atoms with Crippen LogP contribution in [0.5, 0.6) is 0 Å². The predicted molar refractivity (Wildman–Crippen MR) is 72.3 cm³/mol. The van der Waals surface area contributed by atoms with E-state index in [1.165, 1.54) is 0 Å². The molecule has 1 saturated heterocycles. The van der Waals surface area contributed by atoms with Crippen molar-refractivity contribution in [3.05, 3.63) is 34.6 Å². The predicted octanol–water partition coefficient (Wildman–Crippen LogP) is 2.97. The molecule has 0 unspecified atom stereocenters. The van der Waals surface area contributed by atoms with Crippen molar-refractivity contribution in [3.8, 4) is 11.5 Å². The Balaban J connectivity index is 1.82. The topological polar surface area (TPSA) is 51.0 Å². The van der Waals surface area contributed by atoms with Crippen LogP contribution in [0.3, 0.4) is 0 Å². The summed E-state index contributed by atoms with van der Waals surface area (Å²) < 4.78 is 6.83. The molecule has 1 aliphatic heterocycles. The van der Waals surface area contributed by atoms with Gasteiger partial charge in [-0.05, 0) is 50.2 Å². The third kappa shape index (κ3) is 2.47. The Labute approximate surface area is 114 Å². The average molecular weight is 308 g/mol. The SMILES string of the molecule is Brc1ccc(-c2nnc(C3CCNCC3)o2)cc1. The molecule has 1 aromatic carbocycles. The van der Waals surface area contributed by atoms with Gasteiger partial charge in [0.15, 0.2) is 0 Å². The quantitative estimate of drug-likeness (QED) is 0.926. The number of piperidine rings is 1. The molecule has 0 radical (unpaired) electrons. The first-order chi connectivity index (χ1) is 8.83. The molecular weight excluding hydrogens is 294 g/mol. The molecule has 0 spiro atoms. The maximum absolute atomic E-state index is 5.78. The Hall–Kier alpha value is -1.20.